The van der Waals surface area contributed by atoms with Crippen LogP contribution in [0.4, 0.5) is 0 Å². The summed E-state index contributed by atoms with van der Waals surface area (Å²) in [5.74, 6) is 0.524. The van der Waals surface area contributed by atoms with Crippen molar-refractivity contribution in [3.63, 3.8) is 0 Å². The Balaban J connectivity index is 1.54. The van der Waals surface area contributed by atoms with Crippen molar-refractivity contribution in [2.75, 3.05) is 26.7 Å². The van der Waals surface area contributed by atoms with Crippen molar-refractivity contribution in [1.29, 1.82) is 0 Å². The highest BCUT2D eigenvalue weighted by Gasteiger charge is 2.29. The van der Waals surface area contributed by atoms with Gasteiger partial charge in [0.25, 0.3) is 5.91 Å². The highest BCUT2D eigenvalue weighted by molar-refractivity contribution is 7.89. The van der Waals surface area contributed by atoms with Gasteiger partial charge in [-0.3, -0.25) is 4.79 Å². The molecule has 0 atom stereocenters. The summed E-state index contributed by atoms with van der Waals surface area (Å²) in [7, 11) is -2.04. The molecule has 0 aliphatic carbocycles. The summed E-state index contributed by atoms with van der Waals surface area (Å²) in [6.45, 7) is 1.35. The highest BCUT2D eigenvalue weighted by Crippen LogP contribution is 2.25. The molecule has 0 saturated carbocycles. The number of methoxy groups -OCH3 is 1. The molecule has 27 heavy (non-hydrogen) atoms. The Morgan fingerprint density at radius 3 is 2.63 bits per heavy atom. The molecule has 0 bridgehead atoms. The molecule has 1 fully saturated rings. The Morgan fingerprint density at radius 2 is 1.96 bits per heavy atom. The average molecular weight is 390 g/mol. The van der Waals surface area contributed by atoms with Crippen molar-refractivity contribution in [2.24, 2.45) is 5.92 Å². The van der Waals surface area contributed by atoms with Crippen LogP contribution in [0, 0.1) is 5.92 Å². The molecule has 3 rings (SSSR count). The first kappa shape index (κ1) is 19.2. The summed E-state index contributed by atoms with van der Waals surface area (Å²) in [5.41, 5.74) is 0.413. The summed E-state index contributed by atoms with van der Waals surface area (Å²) in [4.78, 5) is 19.9. The predicted molar refractivity (Wildman–Crippen MR) is 98.8 cm³/mol. The van der Waals surface area contributed by atoms with Crippen molar-refractivity contribution < 1.29 is 17.9 Å². The molecule has 2 heterocycles. The van der Waals surface area contributed by atoms with E-state index in [2.05, 4.69) is 15.3 Å². The van der Waals surface area contributed by atoms with Gasteiger partial charge in [0.2, 0.25) is 10.0 Å². The predicted octanol–water partition coefficient (Wildman–Crippen LogP) is 1.32. The van der Waals surface area contributed by atoms with Gasteiger partial charge in [0, 0.05) is 38.1 Å². The summed E-state index contributed by atoms with van der Waals surface area (Å²) < 4.78 is 32.2. The lowest BCUT2D eigenvalue weighted by atomic mass is 9.98. The van der Waals surface area contributed by atoms with Gasteiger partial charge in [-0.15, -0.1) is 0 Å². The molecule has 8 nitrogen and oxygen atoms in total. The molecule has 1 saturated heterocycles. The molecule has 1 aliphatic heterocycles. The van der Waals surface area contributed by atoms with Crippen molar-refractivity contribution in [3.8, 4) is 5.75 Å². The fourth-order valence-corrected chi connectivity index (χ4v) is 4.53. The van der Waals surface area contributed by atoms with E-state index in [0.717, 1.165) is 0 Å². The van der Waals surface area contributed by atoms with Gasteiger partial charge in [-0.25, -0.2) is 18.4 Å². The number of amides is 1. The number of aromatic nitrogens is 2. The van der Waals surface area contributed by atoms with Crippen LogP contribution in [0.15, 0.2) is 47.9 Å². The summed E-state index contributed by atoms with van der Waals surface area (Å²) >= 11 is 0. The van der Waals surface area contributed by atoms with Gasteiger partial charge >= 0.3 is 0 Å². The Hall–Kier alpha value is -2.52. The minimum Gasteiger partial charge on any atom is -0.497 e. The largest absolute Gasteiger partial charge is 0.497 e. The Morgan fingerprint density at radius 1 is 1.26 bits per heavy atom. The van der Waals surface area contributed by atoms with Crippen LogP contribution in [0.3, 0.4) is 0 Å². The Labute approximate surface area is 158 Å². The number of carbonyl (C=O) groups is 1. The normalized spacial score (nSPS) is 16.0. The van der Waals surface area contributed by atoms with Gasteiger partial charge in [-0.2, -0.15) is 4.31 Å². The second kappa shape index (κ2) is 8.45. The van der Waals surface area contributed by atoms with Gasteiger partial charge < -0.3 is 10.1 Å². The maximum absolute atomic E-state index is 12.8. The molecular weight excluding hydrogens is 368 g/mol. The lowest BCUT2D eigenvalue weighted by Crippen LogP contribution is -2.41. The lowest BCUT2D eigenvalue weighted by molar-refractivity contribution is 0.0940. The SMILES string of the molecule is COc1cccc(S(=O)(=O)N2CCC(CNC(=O)c3cncnc3)CC2)c1. The zero-order chi connectivity index (χ0) is 19.3. The van der Waals surface area contributed by atoms with Crippen LogP contribution in [-0.2, 0) is 10.0 Å². The van der Waals surface area contributed by atoms with Crippen LogP contribution in [0.1, 0.15) is 23.2 Å². The van der Waals surface area contributed by atoms with Crippen LogP contribution in [0.2, 0.25) is 0 Å². The number of hydrogen-bond acceptors (Lipinski definition) is 6. The van der Waals surface area contributed by atoms with Crippen LogP contribution < -0.4 is 10.1 Å². The molecule has 1 N–H and O–H groups in total. The molecule has 0 radical (unpaired) electrons. The zero-order valence-corrected chi connectivity index (χ0v) is 15.9. The molecular formula is C18H22N4O4S. The minimum absolute atomic E-state index is 0.220. The van der Waals surface area contributed by atoms with Gasteiger partial charge in [0.05, 0.1) is 17.6 Å². The number of nitrogens with one attached hydrogen (secondary N) is 1. The number of ether oxygens (including phenoxy) is 1. The first-order valence-corrected chi connectivity index (χ1v) is 10.1. The zero-order valence-electron chi connectivity index (χ0n) is 15.0. The van der Waals surface area contributed by atoms with E-state index in [1.54, 1.807) is 18.2 Å². The quantitative estimate of drug-likeness (QED) is 0.798. The van der Waals surface area contributed by atoms with Crippen LogP contribution in [0.5, 0.6) is 5.75 Å². The number of hydrogen-bond donors (Lipinski definition) is 1. The monoisotopic (exact) mass is 390 g/mol. The van der Waals surface area contributed by atoms with Crippen LogP contribution >= 0.6 is 0 Å². The van der Waals surface area contributed by atoms with Crippen LogP contribution in [0.25, 0.3) is 0 Å². The highest BCUT2D eigenvalue weighted by atomic mass is 32.2. The molecule has 1 aromatic heterocycles. The van der Waals surface area contributed by atoms with E-state index in [9.17, 15) is 13.2 Å². The third-order valence-corrected chi connectivity index (χ3v) is 6.52. The molecule has 2 aromatic rings. The number of piperidine rings is 1. The molecule has 0 unspecified atom stereocenters. The van der Waals surface area contributed by atoms with Crippen molar-refractivity contribution >= 4 is 15.9 Å². The van der Waals surface area contributed by atoms with Gasteiger partial charge in [0.15, 0.2) is 0 Å². The third kappa shape index (κ3) is 4.61. The fraction of sp³-hybridized carbons (Fsp3) is 0.389. The summed E-state index contributed by atoms with van der Waals surface area (Å²) in [6.07, 6.45) is 5.68. The Kier molecular flexibility index (Phi) is 6.02. The second-order valence-electron chi connectivity index (χ2n) is 6.36. The van der Waals surface area contributed by atoms with Crippen molar-refractivity contribution in [2.45, 2.75) is 17.7 Å². The van der Waals surface area contributed by atoms with E-state index in [0.29, 0.717) is 43.8 Å². The van der Waals surface area contributed by atoms with Crippen LogP contribution in [-0.4, -0.2) is 55.3 Å². The number of carbonyl (C=O) groups excluding carboxylic acids is 1. The third-order valence-electron chi connectivity index (χ3n) is 4.63. The maximum Gasteiger partial charge on any atom is 0.254 e. The number of sulfonamides is 1. The molecule has 1 aliphatic rings. The van der Waals surface area contributed by atoms with E-state index in [4.69, 9.17) is 4.74 Å². The average Bonchev–Trinajstić information content (AvgIpc) is 2.73. The van der Waals surface area contributed by atoms with E-state index in [1.807, 2.05) is 0 Å². The van der Waals surface area contributed by atoms with E-state index in [-0.39, 0.29) is 16.7 Å². The standard InChI is InChI=1S/C18H22N4O4S/c1-26-16-3-2-4-17(9-16)27(24,25)22-7-5-14(6-8-22)10-21-18(23)15-11-19-13-20-12-15/h2-4,9,11-14H,5-8,10H2,1H3,(H,21,23). The summed E-state index contributed by atoms with van der Waals surface area (Å²) in [6, 6.07) is 6.49. The van der Waals surface area contributed by atoms with Gasteiger partial charge in [-0.05, 0) is 30.9 Å². The lowest BCUT2D eigenvalue weighted by Gasteiger charge is -2.31. The number of rotatable bonds is 6. The summed E-state index contributed by atoms with van der Waals surface area (Å²) in [5, 5.41) is 2.87. The molecule has 144 valence electrons. The Bertz CT molecular complexity index is 881. The minimum atomic E-state index is -3.54. The molecule has 1 aromatic carbocycles. The van der Waals surface area contributed by atoms with E-state index in [1.165, 1.54) is 36.2 Å². The van der Waals surface area contributed by atoms with Gasteiger partial charge in [0.1, 0.15) is 12.1 Å². The molecule has 0 spiro atoms. The smallest absolute Gasteiger partial charge is 0.254 e. The first-order chi connectivity index (χ1) is 13.0. The van der Waals surface area contributed by atoms with E-state index >= 15 is 0 Å². The van der Waals surface area contributed by atoms with E-state index < -0.39 is 10.0 Å². The number of nitrogens with zero attached hydrogens (tertiary/aromatic N) is 3. The van der Waals surface area contributed by atoms with Gasteiger partial charge in [-0.1, -0.05) is 6.07 Å². The molecule has 9 heteroatoms. The first-order valence-electron chi connectivity index (χ1n) is 8.68. The second-order valence-corrected chi connectivity index (χ2v) is 8.30. The topological polar surface area (TPSA) is 101 Å². The fourth-order valence-electron chi connectivity index (χ4n) is 3.02. The van der Waals surface area contributed by atoms with Crippen molar-refractivity contribution in [3.05, 3.63) is 48.5 Å². The van der Waals surface area contributed by atoms with Crippen molar-refractivity contribution in [1.82, 2.24) is 19.6 Å². The molecule has 1 amide bonds. The number of benzene rings is 1. The maximum atomic E-state index is 12.8.